The summed E-state index contributed by atoms with van der Waals surface area (Å²) in [5, 5.41) is 0. The van der Waals surface area contributed by atoms with Crippen molar-refractivity contribution >= 4 is 27.9 Å². The van der Waals surface area contributed by atoms with Crippen molar-refractivity contribution < 1.29 is 63.2 Å². The second kappa shape index (κ2) is 19.8. The molecule has 0 amide bonds. The van der Waals surface area contributed by atoms with Crippen molar-refractivity contribution in [2.75, 3.05) is 13.2 Å². The predicted molar refractivity (Wildman–Crippen MR) is 109 cm³/mol. The Morgan fingerprint density at radius 3 is 1.60 bits per heavy atom. The monoisotopic (exact) mass is 506 g/mol. The van der Waals surface area contributed by atoms with Crippen molar-refractivity contribution in [3.05, 3.63) is 0 Å². The van der Waals surface area contributed by atoms with Gasteiger partial charge in [-0.3, -0.25) is 18.7 Å². The van der Waals surface area contributed by atoms with Gasteiger partial charge in [-0.25, -0.2) is 13.9 Å². The van der Waals surface area contributed by atoms with E-state index in [-0.39, 0.29) is 41.2 Å². The Labute approximate surface area is 195 Å². The van der Waals surface area contributed by atoms with Crippen LogP contribution < -0.4 is 0 Å². The Morgan fingerprint density at radius 2 is 1.20 bits per heavy atom. The van der Waals surface area contributed by atoms with Gasteiger partial charge in [0.1, 0.15) is 0 Å². The number of unbranched alkanes of at least 4 members (excludes halogenated alkanes) is 10. The maximum Gasteiger partial charge on any atom is 0.538 e. The average Bonchev–Trinajstić information content (AvgIpc) is 2.65. The first-order chi connectivity index (χ1) is 13.8. The van der Waals surface area contributed by atoms with E-state index in [1.54, 1.807) is 0 Å². The van der Waals surface area contributed by atoms with E-state index in [2.05, 4.69) is 22.7 Å². The molecule has 30 heavy (non-hydrogen) atoms. The van der Waals surface area contributed by atoms with Gasteiger partial charge < -0.3 is 4.52 Å². The summed E-state index contributed by atoms with van der Waals surface area (Å²) in [7, 11) is -9.56. The number of aldehydes is 1. The van der Waals surface area contributed by atoms with E-state index in [0.29, 0.717) is 12.8 Å². The number of phosphoric acid groups is 2. The molecule has 0 aromatic heterocycles. The quantitative estimate of drug-likeness (QED) is 0.0727. The molecule has 1 N–H and O–H groups in total. The molecule has 1 unspecified atom stereocenters. The molecule has 0 aliphatic carbocycles. The Hall–Kier alpha value is 0.154. The van der Waals surface area contributed by atoms with E-state index < -0.39 is 21.6 Å². The summed E-state index contributed by atoms with van der Waals surface area (Å²) in [5.74, 6) is -1.62. The second-order valence-corrected chi connectivity index (χ2v) is 9.91. The smallest absolute Gasteiger partial charge is 0.365 e. The van der Waals surface area contributed by atoms with Gasteiger partial charge in [0.2, 0.25) is 6.29 Å². The molecule has 0 radical (unpaired) electrons. The van der Waals surface area contributed by atoms with E-state index in [9.17, 15) is 23.6 Å². The number of hydrogen-bond donors (Lipinski definition) is 1. The van der Waals surface area contributed by atoms with Crippen LogP contribution in [0.5, 0.6) is 0 Å². The van der Waals surface area contributed by atoms with Crippen molar-refractivity contribution in [2.24, 2.45) is 0 Å². The fourth-order valence-electron chi connectivity index (χ4n) is 2.48. The Bertz CT molecular complexity index is 524. The van der Waals surface area contributed by atoms with Gasteiger partial charge in [-0.2, -0.15) is 4.31 Å². The first kappa shape index (κ1) is 32.3. The third kappa shape index (κ3) is 18.9. The number of carbonyl (C=O) groups is 2. The molecular formula is C18H36O9P2Ti. The van der Waals surface area contributed by atoms with Crippen molar-refractivity contribution in [2.45, 2.75) is 90.9 Å². The maximum absolute atomic E-state index is 12.7. The van der Waals surface area contributed by atoms with Crippen LogP contribution >= 0.6 is 15.6 Å². The molecule has 0 saturated heterocycles. The van der Waals surface area contributed by atoms with Crippen molar-refractivity contribution in [1.82, 2.24) is 0 Å². The van der Waals surface area contributed by atoms with Gasteiger partial charge in [0.05, 0.1) is 13.2 Å². The number of rotatable bonds is 20. The normalized spacial score (nSPS) is 13.3. The largest absolute Gasteiger partial charge is 0.538 e. The van der Waals surface area contributed by atoms with Crippen molar-refractivity contribution in [1.29, 1.82) is 0 Å². The molecular weight excluding hydrogens is 470 g/mol. The summed E-state index contributed by atoms with van der Waals surface area (Å²) >= 11 is 0. The van der Waals surface area contributed by atoms with Gasteiger partial charge in [0.15, 0.2) is 0 Å². The van der Waals surface area contributed by atoms with Gasteiger partial charge in [0.25, 0.3) is 0 Å². The molecule has 1 atom stereocenters. The Kier molecular flexibility index (Phi) is 21.4. The van der Waals surface area contributed by atoms with Crippen LogP contribution in [0.15, 0.2) is 0 Å². The SMILES string of the molecule is CCCCCCCCOP(=O)(OCCCCCCCC)OP(=O)(O)OC(=O)C=O.[Ti]. The number of carbonyl (C=O) groups excluding carboxylic acids is 2. The van der Waals surface area contributed by atoms with E-state index in [1.165, 1.54) is 0 Å². The van der Waals surface area contributed by atoms with Gasteiger partial charge >= 0.3 is 21.6 Å². The molecule has 0 rings (SSSR count). The van der Waals surface area contributed by atoms with Crippen LogP contribution in [0.4, 0.5) is 0 Å². The number of hydrogen-bond acceptors (Lipinski definition) is 8. The van der Waals surface area contributed by atoms with Crippen molar-refractivity contribution in [3.8, 4) is 0 Å². The molecule has 0 spiro atoms. The molecule has 0 heterocycles. The predicted octanol–water partition coefficient (Wildman–Crippen LogP) is 5.71. The van der Waals surface area contributed by atoms with Gasteiger partial charge in [-0.1, -0.05) is 78.1 Å². The summed E-state index contributed by atoms with van der Waals surface area (Å²) in [4.78, 5) is 30.8. The Balaban J connectivity index is 0. The van der Waals surface area contributed by atoms with E-state index in [1.807, 2.05) is 0 Å². The molecule has 0 bridgehead atoms. The maximum atomic E-state index is 12.7. The Morgan fingerprint density at radius 1 is 0.800 bits per heavy atom. The molecule has 0 fully saturated rings. The minimum atomic E-state index is -5.12. The standard InChI is InChI=1S/C18H36O9P2.Ti/c1-3-5-7-9-11-13-15-24-29(23,25-16-14-12-10-8-6-4-2)27-28(21,22)26-18(20)17-19;/h17H,3-16H2,1-2H3,(H,21,22);. The minimum Gasteiger partial charge on any atom is -0.365 e. The molecule has 9 nitrogen and oxygen atoms in total. The van der Waals surface area contributed by atoms with Gasteiger partial charge in [-0.15, -0.1) is 0 Å². The summed E-state index contributed by atoms with van der Waals surface area (Å²) < 4.78 is 43.3. The third-order valence-electron chi connectivity index (χ3n) is 4.00. The first-order valence-corrected chi connectivity index (χ1v) is 13.4. The van der Waals surface area contributed by atoms with E-state index in [4.69, 9.17) is 9.05 Å². The number of phosphoric ester groups is 2. The van der Waals surface area contributed by atoms with Crippen LogP contribution in [-0.2, 0) is 58.3 Å². The van der Waals surface area contributed by atoms with E-state index >= 15 is 0 Å². The summed E-state index contributed by atoms with van der Waals surface area (Å²) in [6, 6.07) is 0. The molecule has 12 heteroatoms. The molecule has 0 saturated carbocycles. The summed E-state index contributed by atoms with van der Waals surface area (Å²) in [6.45, 7) is 4.23. The van der Waals surface area contributed by atoms with Gasteiger partial charge in [0, 0.05) is 21.7 Å². The zero-order chi connectivity index (χ0) is 22.0. The van der Waals surface area contributed by atoms with Crippen LogP contribution in [0, 0.1) is 0 Å². The molecule has 0 aliphatic rings. The summed E-state index contributed by atoms with van der Waals surface area (Å²) in [6.07, 6.45) is 11.2. The zero-order valence-electron chi connectivity index (χ0n) is 18.1. The van der Waals surface area contributed by atoms with Crippen LogP contribution in [0.3, 0.4) is 0 Å². The van der Waals surface area contributed by atoms with Crippen LogP contribution in [0.2, 0.25) is 0 Å². The van der Waals surface area contributed by atoms with E-state index in [0.717, 1.165) is 64.2 Å². The fourth-order valence-corrected chi connectivity index (χ4v) is 5.05. The van der Waals surface area contributed by atoms with Crippen LogP contribution in [-0.4, -0.2) is 30.4 Å². The fraction of sp³-hybridized carbons (Fsp3) is 0.889. The average molecular weight is 506 g/mol. The van der Waals surface area contributed by atoms with Crippen LogP contribution in [0.25, 0.3) is 0 Å². The van der Waals surface area contributed by atoms with Crippen molar-refractivity contribution in [3.63, 3.8) is 0 Å². The third-order valence-corrected chi connectivity index (χ3v) is 7.03. The van der Waals surface area contributed by atoms with Crippen LogP contribution in [0.1, 0.15) is 90.9 Å². The first-order valence-electron chi connectivity index (χ1n) is 10.4. The second-order valence-electron chi connectivity index (χ2n) is 6.73. The minimum absolute atomic E-state index is 0. The molecule has 176 valence electrons. The molecule has 0 aliphatic heterocycles. The molecule has 0 aromatic rings. The van der Waals surface area contributed by atoms with Gasteiger partial charge in [-0.05, 0) is 12.8 Å². The summed E-state index contributed by atoms with van der Waals surface area (Å²) in [5.41, 5.74) is 0. The zero-order valence-corrected chi connectivity index (χ0v) is 21.4. The molecule has 0 aromatic carbocycles. The topological polar surface area (TPSA) is 125 Å².